The van der Waals surface area contributed by atoms with Gasteiger partial charge in [0.05, 0.1) is 25.4 Å². The van der Waals surface area contributed by atoms with E-state index >= 15 is 0 Å². The van der Waals surface area contributed by atoms with Crippen molar-refractivity contribution < 1.29 is 9.47 Å². The molecule has 0 amide bonds. The minimum Gasteiger partial charge on any atom is -0.380 e. The van der Waals surface area contributed by atoms with Crippen molar-refractivity contribution in [2.75, 3.05) is 33.4 Å². The van der Waals surface area contributed by atoms with Crippen molar-refractivity contribution in [2.24, 2.45) is 0 Å². The third-order valence-electron chi connectivity index (χ3n) is 2.26. The zero-order valence-electron chi connectivity index (χ0n) is 10.2. The van der Waals surface area contributed by atoms with E-state index in [1.165, 1.54) is 0 Å². The average Bonchev–Trinajstić information content (AvgIpc) is 2.16. The van der Waals surface area contributed by atoms with E-state index in [1.54, 1.807) is 0 Å². The van der Waals surface area contributed by atoms with Crippen LogP contribution >= 0.6 is 0 Å². The Morgan fingerprint density at radius 2 is 1.79 bits per heavy atom. The second-order valence-electron chi connectivity index (χ2n) is 3.77. The van der Waals surface area contributed by atoms with E-state index in [4.69, 9.17) is 9.47 Å². The van der Waals surface area contributed by atoms with E-state index in [0.29, 0.717) is 12.1 Å². The third kappa shape index (κ3) is 6.35. The van der Waals surface area contributed by atoms with Crippen LogP contribution in [0.25, 0.3) is 0 Å². The van der Waals surface area contributed by atoms with Crippen molar-refractivity contribution in [3.05, 3.63) is 0 Å². The van der Waals surface area contributed by atoms with Crippen LogP contribution in [0.2, 0.25) is 0 Å². The second-order valence-corrected chi connectivity index (χ2v) is 3.77. The van der Waals surface area contributed by atoms with Crippen LogP contribution in [0, 0.1) is 0 Å². The SMILES string of the molecule is CCOCC(COC(C)C)N(C)CC. The molecular weight excluding hydrogens is 178 g/mol. The van der Waals surface area contributed by atoms with Crippen LogP contribution in [0.15, 0.2) is 0 Å². The van der Waals surface area contributed by atoms with Crippen molar-refractivity contribution in [1.29, 1.82) is 0 Å². The Labute approximate surface area is 88.4 Å². The zero-order chi connectivity index (χ0) is 11.0. The van der Waals surface area contributed by atoms with Crippen molar-refractivity contribution in [1.82, 2.24) is 4.90 Å². The molecule has 0 aliphatic rings. The van der Waals surface area contributed by atoms with E-state index in [0.717, 1.165) is 26.4 Å². The topological polar surface area (TPSA) is 21.7 Å². The summed E-state index contributed by atoms with van der Waals surface area (Å²) in [5.41, 5.74) is 0. The van der Waals surface area contributed by atoms with Crippen LogP contribution in [0.5, 0.6) is 0 Å². The van der Waals surface area contributed by atoms with Crippen LogP contribution < -0.4 is 0 Å². The van der Waals surface area contributed by atoms with E-state index in [1.807, 2.05) is 6.92 Å². The van der Waals surface area contributed by atoms with Gasteiger partial charge < -0.3 is 9.47 Å². The van der Waals surface area contributed by atoms with Gasteiger partial charge in [-0.3, -0.25) is 4.90 Å². The molecule has 0 aromatic carbocycles. The van der Waals surface area contributed by atoms with Gasteiger partial charge in [0, 0.05) is 6.61 Å². The van der Waals surface area contributed by atoms with Crippen LogP contribution in [-0.2, 0) is 9.47 Å². The van der Waals surface area contributed by atoms with Crippen LogP contribution in [0.3, 0.4) is 0 Å². The molecule has 0 rings (SSSR count). The fraction of sp³-hybridized carbons (Fsp3) is 1.00. The summed E-state index contributed by atoms with van der Waals surface area (Å²) >= 11 is 0. The van der Waals surface area contributed by atoms with Crippen molar-refractivity contribution in [3.63, 3.8) is 0 Å². The first-order valence-corrected chi connectivity index (χ1v) is 5.51. The molecule has 3 heteroatoms. The molecule has 0 saturated heterocycles. The highest BCUT2D eigenvalue weighted by Crippen LogP contribution is 2.00. The quantitative estimate of drug-likeness (QED) is 0.600. The van der Waals surface area contributed by atoms with Crippen molar-refractivity contribution in [3.8, 4) is 0 Å². The molecule has 3 nitrogen and oxygen atoms in total. The van der Waals surface area contributed by atoms with Gasteiger partial charge in [-0.2, -0.15) is 0 Å². The van der Waals surface area contributed by atoms with Crippen LogP contribution in [0.1, 0.15) is 27.7 Å². The largest absolute Gasteiger partial charge is 0.380 e. The van der Waals surface area contributed by atoms with Gasteiger partial charge in [0.2, 0.25) is 0 Å². The standard InChI is InChI=1S/C11H25NO2/c1-6-12(5)11(8-13-7-2)9-14-10(3)4/h10-11H,6-9H2,1-5H3. The number of likely N-dealkylation sites (N-methyl/N-ethyl adjacent to an activating group) is 1. The molecule has 0 fully saturated rings. The molecular formula is C11H25NO2. The Morgan fingerprint density at radius 3 is 2.21 bits per heavy atom. The highest BCUT2D eigenvalue weighted by atomic mass is 16.5. The summed E-state index contributed by atoms with van der Waals surface area (Å²) in [6.07, 6.45) is 0.296. The highest BCUT2D eigenvalue weighted by molar-refractivity contribution is 4.66. The molecule has 86 valence electrons. The molecule has 0 heterocycles. The fourth-order valence-electron chi connectivity index (χ4n) is 1.12. The van der Waals surface area contributed by atoms with Gasteiger partial charge in [-0.15, -0.1) is 0 Å². The van der Waals surface area contributed by atoms with E-state index in [9.17, 15) is 0 Å². The van der Waals surface area contributed by atoms with Crippen molar-refractivity contribution in [2.45, 2.75) is 39.8 Å². The lowest BCUT2D eigenvalue weighted by Gasteiger charge is -2.27. The van der Waals surface area contributed by atoms with Gasteiger partial charge in [-0.1, -0.05) is 6.92 Å². The highest BCUT2D eigenvalue weighted by Gasteiger charge is 2.14. The molecule has 0 aromatic heterocycles. The predicted octanol–water partition coefficient (Wildman–Crippen LogP) is 1.77. The summed E-state index contributed by atoms with van der Waals surface area (Å²) in [4.78, 5) is 2.26. The molecule has 0 aliphatic carbocycles. The Hall–Kier alpha value is -0.120. The minimum atomic E-state index is 0.296. The smallest absolute Gasteiger partial charge is 0.0647 e. The fourth-order valence-corrected chi connectivity index (χ4v) is 1.12. The predicted molar refractivity (Wildman–Crippen MR) is 59.7 cm³/mol. The first kappa shape index (κ1) is 13.9. The van der Waals surface area contributed by atoms with Crippen molar-refractivity contribution >= 4 is 0 Å². The van der Waals surface area contributed by atoms with Crippen LogP contribution in [-0.4, -0.2) is 50.5 Å². The number of rotatable bonds is 8. The van der Waals surface area contributed by atoms with Gasteiger partial charge >= 0.3 is 0 Å². The summed E-state index contributed by atoms with van der Waals surface area (Å²) in [6.45, 7) is 11.6. The Bertz CT molecular complexity index is 128. The maximum absolute atomic E-state index is 5.60. The van der Waals surface area contributed by atoms with Gasteiger partial charge in [0.1, 0.15) is 0 Å². The normalized spacial score (nSPS) is 13.9. The summed E-state index contributed by atoms with van der Waals surface area (Å²) in [5, 5.41) is 0. The molecule has 0 radical (unpaired) electrons. The summed E-state index contributed by atoms with van der Waals surface area (Å²) in [6, 6.07) is 0.377. The minimum absolute atomic E-state index is 0.296. The molecule has 0 saturated carbocycles. The number of hydrogen-bond acceptors (Lipinski definition) is 3. The molecule has 1 atom stereocenters. The number of nitrogens with zero attached hydrogens (tertiary/aromatic N) is 1. The van der Waals surface area contributed by atoms with Gasteiger partial charge in [-0.05, 0) is 34.4 Å². The molecule has 0 bridgehead atoms. The van der Waals surface area contributed by atoms with E-state index < -0.39 is 0 Å². The summed E-state index contributed by atoms with van der Waals surface area (Å²) in [7, 11) is 2.10. The molecule has 14 heavy (non-hydrogen) atoms. The monoisotopic (exact) mass is 203 g/mol. The Morgan fingerprint density at radius 1 is 1.14 bits per heavy atom. The lowest BCUT2D eigenvalue weighted by Crippen LogP contribution is -2.39. The first-order valence-electron chi connectivity index (χ1n) is 5.51. The van der Waals surface area contributed by atoms with Gasteiger partial charge in [-0.25, -0.2) is 0 Å². The number of ether oxygens (including phenoxy) is 2. The molecule has 0 aliphatic heterocycles. The van der Waals surface area contributed by atoms with Crippen LogP contribution in [0.4, 0.5) is 0 Å². The number of hydrogen-bond donors (Lipinski definition) is 0. The Balaban J connectivity index is 3.84. The molecule has 0 spiro atoms. The first-order chi connectivity index (χ1) is 6.61. The Kier molecular flexibility index (Phi) is 8.14. The van der Waals surface area contributed by atoms with Gasteiger partial charge in [0.15, 0.2) is 0 Å². The van der Waals surface area contributed by atoms with Gasteiger partial charge in [0.25, 0.3) is 0 Å². The third-order valence-corrected chi connectivity index (χ3v) is 2.26. The average molecular weight is 203 g/mol. The maximum Gasteiger partial charge on any atom is 0.0647 e. The molecule has 0 aromatic rings. The maximum atomic E-state index is 5.60. The zero-order valence-corrected chi connectivity index (χ0v) is 10.2. The summed E-state index contributed by atoms with van der Waals surface area (Å²) < 4.78 is 11.0. The lowest BCUT2D eigenvalue weighted by molar-refractivity contribution is -0.00281. The molecule has 1 unspecified atom stereocenters. The summed E-state index contributed by atoms with van der Waals surface area (Å²) in [5.74, 6) is 0. The molecule has 0 N–H and O–H groups in total. The lowest BCUT2D eigenvalue weighted by atomic mass is 10.3. The van der Waals surface area contributed by atoms with E-state index in [-0.39, 0.29) is 0 Å². The van der Waals surface area contributed by atoms with E-state index in [2.05, 4.69) is 32.7 Å². The second kappa shape index (κ2) is 8.21.